The fraction of sp³-hybridized carbons (Fsp3) is 0.238. The van der Waals surface area contributed by atoms with Gasteiger partial charge in [-0.2, -0.15) is 0 Å². The monoisotopic (exact) mass is 333 g/mol. The molecule has 0 saturated carbocycles. The van der Waals surface area contributed by atoms with Gasteiger partial charge in [-0.25, -0.2) is 4.98 Å². The van der Waals surface area contributed by atoms with E-state index in [1.807, 2.05) is 18.2 Å². The second kappa shape index (κ2) is 6.93. The molecule has 128 valence electrons. The molecule has 0 aliphatic carbocycles. The Labute approximate surface area is 148 Å². The molecule has 0 bridgehead atoms. The van der Waals surface area contributed by atoms with Gasteiger partial charge >= 0.3 is 0 Å². The van der Waals surface area contributed by atoms with Crippen LogP contribution < -0.4 is 5.32 Å². The van der Waals surface area contributed by atoms with Gasteiger partial charge in [0.2, 0.25) is 5.91 Å². The summed E-state index contributed by atoms with van der Waals surface area (Å²) in [7, 11) is 0. The Morgan fingerprint density at radius 2 is 1.88 bits per heavy atom. The number of nitrogens with zero attached hydrogens (tertiary/aromatic N) is 2. The lowest BCUT2D eigenvalue weighted by Gasteiger charge is -2.15. The largest absolute Gasteiger partial charge is 0.345 e. The highest BCUT2D eigenvalue weighted by molar-refractivity contribution is 5.86. The number of carbonyl (C=O) groups excluding carboxylic acids is 1. The minimum atomic E-state index is -0.193. The first-order chi connectivity index (χ1) is 12.0. The molecule has 3 aromatic rings. The van der Waals surface area contributed by atoms with E-state index in [2.05, 4.69) is 55.4 Å². The zero-order valence-electron chi connectivity index (χ0n) is 15.0. The molecule has 4 nitrogen and oxygen atoms in total. The number of aryl methyl sites for hydroxylation is 3. The van der Waals surface area contributed by atoms with Crippen LogP contribution in [0.1, 0.15) is 28.1 Å². The molecule has 0 atom stereocenters. The molecule has 25 heavy (non-hydrogen) atoms. The van der Waals surface area contributed by atoms with Crippen LogP contribution in [0.15, 0.2) is 49.1 Å². The van der Waals surface area contributed by atoms with Crippen molar-refractivity contribution in [3.8, 4) is 0 Å². The first kappa shape index (κ1) is 17.0. The maximum atomic E-state index is 11.5. The average Bonchev–Trinajstić information content (AvgIpc) is 2.93. The van der Waals surface area contributed by atoms with E-state index in [0.29, 0.717) is 6.54 Å². The van der Waals surface area contributed by atoms with Crippen LogP contribution >= 0.6 is 0 Å². The molecule has 4 heteroatoms. The predicted octanol–water partition coefficient (Wildman–Crippen LogP) is 3.81. The smallest absolute Gasteiger partial charge is 0.243 e. The fourth-order valence-corrected chi connectivity index (χ4v) is 3.29. The van der Waals surface area contributed by atoms with Gasteiger partial charge in [0.15, 0.2) is 0 Å². The first-order valence-electron chi connectivity index (χ1n) is 8.40. The van der Waals surface area contributed by atoms with Gasteiger partial charge in [-0.3, -0.25) is 4.79 Å². The van der Waals surface area contributed by atoms with E-state index in [1.165, 1.54) is 28.3 Å². The summed E-state index contributed by atoms with van der Waals surface area (Å²) in [6, 6.07) is 12.5. The zero-order chi connectivity index (χ0) is 18.0. The highest BCUT2D eigenvalue weighted by Gasteiger charge is 2.13. The summed E-state index contributed by atoms with van der Waals surface area (Å²) in [6.07, 6.45) is 1.28. The van der Waals surface area contributed by atoms with Gasteiger partial charge in [0.25, 0.3) is 0 Å². The Kier molecular flexibility index (Phi) is 4.70. The Hall–Kier alpha value is -2.88. The number of imidazole rings is 1. The van der Waals surface area contributed by atoms with Crippen molar-refractivity contribution in [3.63, 3.8) is 0 Å². The second-order valence-corrected chi connectivity index (χ2v) is 6.40. The summed E-state index contributed by atoms with van der Waals surface area (Å²) in [6.45, 7) is 11.0. The number of carbonyl (C=O) groups is 1. The molecule has 0 saturated heterocycles. The highest BCUT2D eigenvalue weighted by atomic mass is 16.1. The van der Waals surface area contributed by atoms with Crippen molar-refractivity contribution in [3.05, 3.63) is 77.1 Å². The van der Waals surface area contributed by atoms with Crippen LogP contribution in [-0.4, -0.2) is 15.5 Å². The molecular formula is C21H23N3O. The van der Waals surface area contributed by atoms with Crippen LogP contribution in [0.2, 0.25) is 0 Å². The Morgan fingerprint density at radius 1 is 1.20 bits per heavy atom. The zero-order valence-corrected chi connectivity index (χ0v) is 15.0. The second-order valence-electron chi connectivity index (χ2n) is 6.40. The van der Waals surface area contributed by atoms with Crippen LogP contribution in [0.3, 0.4) is 0 Å². The highest BCUT2D eigenvalue weighted by Crippen LogP contribution is 2.22. The number of amides is 1. The van der Waals surface area contributed by atoms with Crippen LogP contribution in [-0.2, 0) is 17.9 Å². The van der Waals surface area contributed by atoms with Crippen LogP contribution in [0.25, 0.3) is 11.0 Å². The van der Waals surface area contributed by atoms with E-state index >= 15 is 0 Å². The summed E-state index contributed by atoms with van der Waals surface area (Å²) < 4.78 is 2.18. The van der Waals surface area contributed by atoms with E-state index < -0.39 is 0 Å². The van der Waals surface area contributed by atoms with Gasteiger partial charge < -0.3 is 9.88 Å². The number of hydrogen-bond donors (Lipinski definition) is 1. The standard InChI is InChI=1S/C21H23N3O/c1-5-21(25)22-12-20-23-18-8-6-7-9-19(18)24(20)13-17-15(3)10-14(2)11-16(17)4/h5-11H,1,12-13H2,2-4H3,(H,22,25). The van der Waals surface area contributed by atoms with Gasteiger partial charge in [-0.1, -0.05) is 36.4 Å². The molecule has 0 spiro atoms. The molecular weight excluding hydrogens is 310 g/mol. The third kappa shape index (κ3) is 3.48. The Morgan fingerprint density at radius 3 is 2.56 bits per heavy atom. The van der Waals surface area contributed by atoms with Crippen molar-refractivity contribution in [2.75, 3.05) is 0 Å². The van der Waals surface area contributed by atoms with Crippen molar-refractivity contribution < 1.29 is 4.79 Å². The van der Waals surface area contributed by atoms with Crippen molar-refractivity contribution in [2.45, 2.75) is 33.9 Å². The summed E-state index contributed by atoms with van der Waals surface area (Å²) >= 11 is 0. The number of rotatable bonds is 5. The third-order valence-electron chi connectivity index (χ3n) is 4.50. The van der Waals surface area contributed by atoms with Crippen LogP contribution in [0, 0.1) is 20.8 Å². The molecule has 0 fully saturated rings. The number of nitrogens with one attached hydrogen (secondary N) is 1. The van der Waals surface area contributed by atoms with E-state index in [1.54, 1.807) is 0 Å². The topological polar surface area (TPSA) is 46.9 Å². The molecule has 1 aromatic heterocycles. The van der Waals surface area contributed by atoms with E-state index in [0.717, 1.165) is 23.4 Å². The lowest BCUT2D eigenvalue weighted by atomic mass is 9.99. The van der Waals surface area contributed by atoms with Gasteiger partial charge in [-0.15, -0.1) is 0 Å². The summed E-state index contributed by atoms with van der Waals surface area (Å²) in [4.78, 5) is 16.3. The average molecular weight is 333 g/mol. The number of para-hydroxylation sites is 2. The number of aromatic nitrogens is 2. The van der Waals surface area contributed by atoms with Crippen LogP contribution in [0.4, 0.5) is 0 Å². The Balaban J connectivity index is 2.05. The fourth-order valence-electron chi connectivity index (χ4n) is 3.29. The first-order valence-corrected chi connectivity index (χ1v) is 8.40. The third-order valence-corrected chi connectivity index (χ3v) is 4.50. The van der Waals surface area contributed by atoms with Crippen molar-refractivity contribution in [2.24, 2.45) is 0 Å². The van der Waals surface area contributed by atoms with Gasteiger partial charge in [0, 0.05) is 6.54 Å². The lowest BCUT2D eigenvalue weighted by molar-refractivity contribution is -0.116. The van der Waals surface area contributed by atoms with Crippen molar-refractivity contribution in [1.82, 2.24) is 14.9 Å². The van der Waals surface area contributed by atoms with Gasteiger partial charge in [-0.05, 0) is 55.7 Å². The number of fused-ring (bicyclic) bond motifs is 1. The SMILES string of the molecule is C=CC(=O)NCc1nc2ccccc2n1Cc1c(C)cc(C)cc1C. The maximum Gasteiger partial charge on any atom is 0.243 e. The summed E-state index contributed by atoms with van der Waals surface area (Å²) in [5, 5.41) is 2.83. The molecule has 0 unspecified atom stereocenters. The molecule has 0 aliphatic heterocycles. The molecule has 1 N–H and O–H groups in total. The minimum Gasteiger partial charge on any atom is -0.345 e. The van der Waals surface area contributed by atoms with Crippen molar-refractivity contribution >= 4 is 16.9 Å². The lowest BCUT2D eigenvalue weighted by Crippen LogP contribution is -2.22. The normalized spacial score (nSPS) is 10.8. The van der Waals surface area contributed by atoms with E-state index in [-0.39, 0.29) is 5.91 Å². The van der Waals surface area contributed by atoms with E-state index in [9.17, 15) is 4.79 Å². The van der Waals surface area contributed by atoms with E-state index in [4.69, 9.17) is 4.98 Å². The molecule has 0 aliphatic rings. The summed E-state index contributed by atoms with van der Waals surface area (Å²) in [5.74, 6) is 0.650. The molecule has 2 aromatic carbocycles. The number of hydrogen-bond acceptors (Lipinski definition) is 2. The summed E-state index contributed by atoms with van der Waals surface area (Å²) in [5.41, 5.74) is 7.13. The maximum absolute atomic E-state index is 11.5. The quantitative estimate of drug-likeness (QED) is 0.722. The molecule has 1 heterocycles. The minimum absolute atomic E-state index is 0.193. The molecule has 0 radical (unpaired) electrons. The van der Waals surface area contributed by atoms with Gasteiger partial charge in [0.05, 0.1) is 17.6 Å². The Bertz CT molecular complexity index is 930. The number of benzene rings is 2. The molecule has 3 rings (SSSR count). The van der Waals surface area contributed by atoms with Crippen LogP contribution in [0.5, 0.6) is 0 Å². The van der Waals surface area contributed by atoms with Gasteiger partial charge in [0.1, 0.15) is 5.82 Å². The predicted molar refractivity (Wildman–Crippen MR) is 102 cm³/mol. The van der Waals surface area contributed by atoms with Crippen molar-refractivity contribution in [1.29, 1.82) is 0 Å². The molecule has 1 amide bonds.